The molecule has 4 fully saturated rings. The van der Waals surface area contributed by atoms with Crippen LogP contribution in [0.25, 0.3) is 0 Å². The van der Waals surface area contributed by atoms with Gasteiger partial charge in [0.05, 0.1) is 39.6 Å². The predicted octanol–water partition coefficient (Wildman–Crippen LogP) is 12.7. The molecule has 4 aliphatic heterocycles. The summed E-state index contributed by atoms with van der Waals surface area (Å²) in [6.45, 7) is 19.7. The van der Waals surface area contributed by atoms with Gasteiger partial charge in [0.15, 0.2) is 0 Å². The van der Waals surface area contributed by atoms with E-state index in [1.165, 1.54) is 28.2 Å². The molecule has 8 atom stereocenters. The van der Waals surface area contributed by atoms with Crippen LogP contribution in [-0.2, 0) is 82.8 Å². The second-order valence-electron chi connectivity index (χ2n) is 22.4. The second-order valence-corrected chi connectivity index (χ2v) is 46.0. The van der Waals surface area contributed by atoms with Crippen LogP contribution in [-0.4, -0.2) is 341 Å². The topological polar surface area (TPSA) is 468 Å². The zero-order chi connectivity index (χ0) is 91.3. The zero-order valence-corrected chi connectivity index (χ0v) is 85.5. The van der Waals surface area contributed by atoms with Gasteiger partial charge in [0.2, 0.25) is 14.9 Å². The minimum atomic E-state index is -3.36. The molecule has 0 aromatic rings. The molecule has 0 amide bonds. The molecular weight excluding hydrogens is 2060 g/mol. The first-order chi connectivity index (χ1) is 55.9. The zero-order valence-electron chi connectivity index (χ0n) is 66.3. The van der Waals surface area contributed by atoms with Gasteiger partial charge in [0.1, 0.15) is 37.6 Å². The van der Waals surface area contributed by atoms with Crippen molar-refractivity contribution in [3.63, 3.8) is 0 Å². The van der Waals surface area contributed by atoms with Crippen LogP contribution in [0.1, 0.15) is 38.5 Å². The van der Waals surface area contributed by atoms with E-state index in [1.807, 2.05) is 0 Å². The molecule has 14 N–H and O–H groups in total. The number of allylic oxidation sites excluding steroid dienone is 2. The Morgan fingerprint density at radius 3 is 1.25 bits per heavy atom. The van der Waals surface area contributed by atoms with Crippen LogP contribution < -0.4 is 51.7 Å². The molecule has 0 radical (unpaired) electrons. The van der Waals surface area contributed by atoms with Crippen molar-refractivity contribution < 1.29 is 93.1 Å². The summed E-state index contributed by atoms with van der Waals surface area (Å²) in [5.41, 5.74) is 10.9. The lowest BCUT2D eigenvalue weighted by Gasteiger charge is -2.38. The molecule has 4 saturated heterocycles. The number of aliphatic hydroxyl groups is 2. The lowest BCUT2D eigenvalue weighted by Crippen LogP contribution is -2.43. The largest absolute Gasteiger partial charge is 0.378 e. The van der Waals surface area contributed by atoms with E-state index in [9.17, 15) is 56.3 Å². The molecule has 118 heavy (non-hydrogen) atoms. The van der Waals surface area contributed by atoms with Crippen molar-refractivity contribution in [2.75, 3.05) is 265 Å². The van der Waals surface area contributed by atoms with Gasteiger partial charge in [-0.1, -0.05) is 13.2 Å². The van der Waals surface area contributed by atoms with Gasteiger partial charge in [-0.05, 0) is 25.0 Å². The van der Waals surface area contributed by atoms with Gasteiger partial charge in [-0.25, -0.2) is 59.4 Å². The standard InChI is InChI=1S/4C7H15Cl2N2O3P.2C7H15Cl2N2O2P.2C5H13Cl2N2OP.2C3H4O/c8-2-4-11(5-3-9)15(13)10-7(12)1-6-14-15;8-2-4-10-15(13)11(5-3-9)7(12)1-6-14-15;8-2-4-11(5-3-9)15(10,13)14-7-1-6-12;8-2-4-10-15(13,11-5-3-9)14-7-1-6-12;8-2-4-10-14(12)11(6-3-9)5-1-7-13-14;8-2-5-11(6-3-9)14(12)10-4-1-7-13-14;1-11(8,10)9(4-2-6)5-3-7;1-11(10,8-4-2-6)9-5-3-7;2*1-2-3-4/h2*7,12H,1-6H2,(H,10,13);6H,1-5,7H2,(H2,10,13);6H,1-5,7H2,(H2,10,11,13);2*1-7H2,(H,10,12);2-5H2,1H3,(H2,8,10);2-5H2,1H3,(H2,8,9,10);2*2-3H,1H2. The van der Waals surface area contributed by atoms with E-state index in [4.69, 9.17) is 233 Å². The van der Waals surface area contributed by atoms with Gasteiger partial charge in [-0.2, -0.15) is 4.67 Å². The molecule has 0 aliphatic carbocycles. The average molecular weight is 2180 g/mol. The fraction of sp³-hybridized carbons (Fsp3) is 0.862. The number of carbonyl (C=O) groups excluding carboxylic acids is 4. The molecule has 708 valence electrons. The van der Waals surface area contributed by atoms with Crippen molar-refractivity contribution in [2.24, 2.45) is 11.0 Å². The third-order valence-electron chi connectivity index (χ3n) is 13.4. The molecule has 36 nitrogen and oxygen atoms in total. The highest BCUT2D eigenvalue weighted by Crippen LogP contribution is 2.53. The van der Waals surface area contributed by atoms with Crippen molar-refractivity contribution in [3.8, 4) is 0 Å². The Morgan fingerprint density at radius 1 is 0.492 bits per heavy atom. The van der Waals surface area contributed by atoms with Gasteiger partial charge in [0, 0.05) is 251 Å². The number of aldehydes is 4. The molecule has 0 bridgehead atoms. The molecule has 4 heterocycles. The first kappa shape index (κ1) is 132. The predicted molar refractivity (Wildman–Crippen MR) is 496 cm³/mol. The number of aliphatic hydroxyl groups excluding tert-OH is 2. The Kier molecular flexibility index (Phi) is 96.6. The minimum absolute atomic E-state index is 0.0400. The summed E-state index contributed by atoms with van der Waals surface area (Å²) in [7, 11) is -23.5. The highest BCUT2D eigenvalue weighted by atomic mass is 35.5. The molecule has 0 spiro atoms. The molecule has 0 saturated carbocycles. The van der Waals surface area contributed by atoms with Crippen LogP contribution >= 0.6 is 247 Å². The maximum atomic E-state index is 12.2. The number of nitrogens with zero attached hydrogens (tertiary/aromatic N) is 6. The van der Waals surface area contributed by atoms with E-state index in [1.54, 1.807) is 25.3 Å². The summed E-state index contributed by atoms with van der Waals surface area (Å²) in [5.74, 6) is 5.99. The summed E-state index contributed by atoms with van der Waals surface area (Å²) in [6.07, 6.45) is 6.49. The quantitative estimate of drug-likeness (QED) is 0.00884. The highest BCUT2D eigenvalue weighted by molar-refractivity contribution is 7.59. The molecule has 8 unspecified atom stereocenters. The summed E-state index contributed by atoms with van der Waals surface area (Å²) in [4.78, 5) is 38.2. The van der Waals surface area contributed by atoms with E-state index < -0.39 is 73.4 Å². The van der Waals surface area contributed by atoms with E-state index in [-0.39, 0.29) is 56.9 Å². The van der Waals surface area contributed by atoms with Crippen LogP contribution in [0.2, 0.25) is 0 Å². The van der Waals surface area contributed by atoms with Gasteiger partial charge in [-0.3, -0.25) is 61.8 Å². The number of alkyl halides is 16. The fourth-order valence-corrected chi connectivity index (χ4v) is 25.7. The van der Waals surface area contributed by atoms with Gasteiger partial charge in [-0.15, -0.1) is 186 Å². The van der Waals surface area contributed by atoms with E-state index in [0.29, 0.717) is 232 Å². The Balaban J connectivity index is -0.000000300. The van der Waals surface area contributed by atoms with Crippen molar-refractivity contribution >= 4 is 272 Å². The lowest BCUT2D eigenvalue weighted by atomic mass is 10.4. The van der Waals surface area contributed by atoms with Crippen LogP contribution in [0, 0.1) is 0 Å². The maximum Gasteiger partial charge on any atom is 0.345 e. The van der Waals surface area contributed by atoms with Crippen molar-refractivity contribution in [2.45, 2.75) is 51.0 Å². The molecule has 0 aromatic carbocycles. The Labute approximate surface area is 778 Å². The van der Waals surface area contributed by atoms with Crippen molar-refractivity contribution in [3.05, 3.63) is 25.3 Å². The fourth-order valence-electron chi connectivity index (χ4n) is 8.20. The molecular formula is C58H124Cl16N16O20P8. The SMILES string of the molecule is C=CC=O.C=CC=O.CP(=O)(NCCCl)NCCCl.CP(N)(=O)N(CCCl)CCCl.NP(=O)(OCCC=O)N(CCCl)CCCl.O=CCCOP(=O)(NCCCl)NCCCl.O=P1(N(CCCl)CCCl)NC(O)CCO1.O=P1(N(CCCl)CCCl)NCCCO1.O=P1(NCCCl)OCCC(O)N1CCCl.O=P1(NCCCl)OCCCN1CCCl. The van der Waals surface area contributed by atoms with Crippen LogP contribution in [0.5, 0.6) is 0 Å². The first-order valence-electron chi connectivity index (χ1n) is 36.0. The molecule has 60 heteroatoms. The number of nitrogens with one attached hydrogen (secondary N) is 8. The Hall–Kier alpha value is 3.68. The van der Waals surface area contributed by atoms with Crippen molar-refractivity contribution in [1.29, 1.82) is 0 Å². The highest BCUT2D eigenvalue weighted by Gasteiger charge is 2.41. The number of carbonyl (C=O) groups is 4. The molecule has 4 rings (SSSR count). The second kappa shape index (κ2) is 86.1. The van der Waals surface area contributed by atoms with Crippen LogP contribution in [0.15, 0.2) is 25.3 Å². The molecule has 0 aromatic heterocycles. The third kappa shape index (κ3) is 70.5. The summed E-state index contributed by atoms with van der Waals surface area (Å²) in [5, 5.41) is 41.0. The van der Waals surface area contributed by atoms with E-state index in [2.05, 4.69) is 53.9 Å². The van der Waals surface area contributed by atoms with Gasteiger partial charge >= 0.3 is 46.0 Å². The molecule has 4 aliphatic rings. The van der Waals surface area contributed by atoms with E-state index >= 15 is 0 Å². The van der Waals surface area contributed by atoms with Crippen LogP contribution in [0.3, 0.4) is 0 Å². The smallest absolute Gasteiger partial charge is 0.345 e. The summed E-state index contributed by atoms with van der Waals surface area (Å²) < 4.78 is 136. The average Bonchev–Trinajstić information content (AvgIpc) is 0.807. The Bertz CT molecular complexity index is 2770. The van der Waals surface area contributed by atoms with Gasteiger partial charge in [0.25, 0.3) is 0 Å². The van der Waals surface area contributed by atoms with E-state index in [0.717, 1.165) is 25.9 Å². The minimum Gasteiger partial charge on any atom is -0.378 e. The summed E-state index contributed by atoms with van der Waals surface area (Å²) >= 11 is 88.4. The number of rotatable bonds is 52. The number of halogens is 16. The number of hydrogen-bond acceptors (Lipinski definition) is 20. The lowest BCUT2D eigenvalue weighted by molar-refractivity contribution is -0.109. The van der Waals surface area contributed by atoms with Crippen molar-refractivity contribution in [1.82, 2.24) is 68.7 Å². The Morgan fingerprint density at radius 2 is 0.873 bits per heavy atom. The number of nitrogens with two attached hydrogens (primary N) is 2. The van der Waals surface area contributed by atoms with Gasteiger partial charge < -0.3 is 46.9 Å². The first-order valence-corrected chi connectivity index (χ1v) is 58.5. The monoisotopic (exact) mass is 2170 g/mol. The number of hydrogen-bond donors (Lipinski definition) is 12. The maximum absolute atomic E-state index is 12.2. The summed E-state index contributed by atoms with van der Waals surface area (Å²) in [6, 6.07) is 0. The normalized spacial score (nSPS) is 21.5. The van der Waals surface area contributed by atoms with Crippen LogP contribution in [0.4, 0.5) is 0 Å². The third-order valence-corrected chi connectivity index (χ3v) is 32.1.